The zero-order chi connectivity index (χ0) is 14.4. The van der Waals surface area contributed by atoms with Crippen molar-refractivity contribution in [2.75, 3.05) is 32.8 Å². The molecule has 6 heteroatoms. The Balaban J connectivity index is 1.98. The van der Waals surface area contributed by atoms with Crippen molar-refractivity contribution >= 4 is 11.8 Å². The maximum Gasteiger partial charge on any atom is 0.245 e. The first kappa shape index (κ1) is 15.3. The summed E-state index contributed by atoms with van der Waals surface area (Å²) < 4.78 is 5.38. The Labute approximate surface area is 120 Å². The van der Waals surface area contributed by atoms with E-state index < -0.39 is 6.04 Å². The van der Waals surface area contributed by atoms with Gasteiger partial charge in [0.2, 0.25) is 11.8 Å². The Morgan fingerprint density at radius 2 is 2.25 bits per heavy atom. The lowest BCUT2D eigenvalue weighted by molar-refractivity contribution is -0.150. The molecule has 6 nitrogen and oxygen atoms in total. The van der Waals surface area contributed by atoms with Gasteiger partial charge in [0.15, 0.2) is 0 Å². The zero-order valence-corrected chi connectivity index (χ0v) is 12.2. The topological polar surface area (TPSA) is 70.7 Å². The van der Waals surface area contributed by atoms with Gasteiger partial charge in [0, 0.05) is 13.1 Å². The smallest absolute Gasteiger partial charge is 0.245 e. The van der Waals surface area contributed by atoms with Crippen LogP contribution < -0.4 is 10.6 Å². The molecule has 0 aromatic rings. The highest BCUT2D eigenvalue weighted by Gasteiger charge is 2.36. The minimum atomic E-state index is -0.480. The minimum Gasteiger partial charge on any atom is -0.377 e. The van der Waals surface area contributed by atoms with Crippen molar-refractivity contribution in [1.29, 1.82) is 0 Å². The first-order valence-electron chi connectivity index (χ1n) is 7.63. The van der Waals surface area contributed by atoms with Crippen LogP contribution in [0.4, 0.5) is 0 Å². The van der Waals surface area contributed by atoms with Crippen LogP contribution in [0, 0.1) is 0 Å². The average Bonchev–Trinajstić information content (AvgIpc) is 2.52. The fourth-order valence-electron chi connectivity index (χ4n) is 2.71. The van der Waals surface area contributed by atoms with E-state index >= 15 is 0 Å². The molecule has 0 aromatic heterocycles. The number of hydrogen-bond acceptors (Lipinski definition) is 4. The Morgan fingerprint density at radius 3 is 2.95 bits per heavy atom. The van der Waals surface area contributed by atoms with Gasteiger partial charge in [-0.2, -0.15) is 0 Å². The molecule has 2 unspecified atom stereocenters. The molecule has 2 aliphatic heterocycles. The summed E-state index contributed by atoms with van der Waals surface area (Å²) in [6.07, 6.45) is 3.94. The van der Waals surface area contributed by atoms with E-state index in [0.717, 1.165) is 32.2 Å². The third kappa shape index (κ3) is 3.70. The third-order valence-corrected chi connectivity index (χ3v) is 3.87. The van der Waals surface area contributed by atoms with E-state index in [1.165, 1.54) is 0 Å². The van der Waals surface area contributed by atoms with Crippen molar-refractivity contribution in [2.24, 2.45) is 0 Å². The molecule has 20 heavy (non-hydrogen) atoms. The first-order valence-corrected chi connectivity index (χ1v) is 7.63. The van der Waals surface area contributed by atoms with Crippen LogP contribution in [0.2, 0.25) is 0 Å². The molecule has 2 atom stereocenters. The second-order valence-electron chi connectivity index (χ2n) is 5.42. The number of nitrogens with zero attached hydrogens (tertiary/aromatic N) is 1. The van der Waals surface area contributed by atoms with Crippen LogP contribution in [0.3, 0.4) is 0 Å². The molecule has 114 valence electrons. The highest BCUT2D eigenvalue weighted by molar-refractivity contribution is 5.90. The monoisotopic (exact) mass is 283 g/mol. The number of carbonyl (C=O) groups is 2. The number of carbonyl (C=O) groups excluding carboxylic acids is 2. The summed E-state index contributed by atoms with van der Waals surface area (Å²) in [7, 11) is 0. The zero-order valence-electron chi connectivity index (χ0n) is 12.2. The fraction of sp³-hybridized carbons (Fsp3) is 0.857. The molecule has 2 amide bonds. The molecular formula is C14H25N3O3. The lowest BCUT2D eigenvalue weighted by atomic mass is 10.0. The number of piperidine rings is 1. The summed E-state index contributed by atoms with van der Waals surface area (Å²) in [6.45, 7) is 4.84. The Hall–Kier alpha value is -1.14. The summed E-state index contributed by atoms with van der Waals surface area (Å²) in [5.41, 5.74) is 0. The lowest BCUT2D eigenvalue weighted by Gasteiger charge is -2.37. The van der Waals surface area contributed by atoms with Gasteiger partial charge >= 0.3 is 0 Å². The van der Waals surface area contributed by atoms with Crippen molar-refractivity contribution in [3.8, 4) is 0 Å². The van der Waals surface area contributed by atoms with Gasteiger partial charge < -0.3 is 20.3 Å². The second-order valence-corrected chi connectivity index (χ2v) is 5.42. The number of hydrogen-bond donors (Lipinski definition) is 2. The maximum absolute atomic E-state index is 12.6. The number of ether oxygens (including phenoxy) is 1. The van der Waals surface area contributed by atoms with E-state index in [-0.39, 0.29) is 17.9 Å². The van der Waals surface area contributed by atoms with Crippen molar-refractivity contribution < 1.29 is 14.3 Å². The van der Waals surface area contributed by atoms with E-state index in [1.807, 2.05) is 6.92 Å². The van der Waals surface area contributed by atoms with E-state index in [2.05, 4.69) is 10.6 Å². The quantitative estimate of drug-likeness (QED) is 0.755. The van der Waals surface area contributed by atoms with Gasteiger partial charge in [-0.3, -0.25) is 9.59 Å². The number of rotatable bonds is 4. The predicted octanol–water partition coefficient (Wildman–Crippen LogP) is -0.118. The van der Waals surface area contributed by atoms with Crippen LogP contribution in [-0.2, 0) is 14.3 Å². The molecule has 2 fully saturated rings. The first-order chi connectivity index (χ1) is 9.74. The van der Waals surface area contributed by atoms with Gasteiger partial charge in [-0.05, 0) is 25.8 Å². The maximum atomic E-state index is 12.6. The van der Waals surface area contributed by atoms with Crippen LogP contribution in [0.5, 0.6) is 0 Å². The van der Waals surface area contributed by atoms with E-state index in [1.54, 1.807) is 4.90 Å². The molecule has 0 saturated carbocycles. The number of amides is 2. The predicted molar refractivity (Wildman–Crippen MR) is 75.3 cm³/mol. The molecule has 2 saturated heterocycles. The number of morpholine rings is 1. The normalized spacial score (nSPS) is 27.1. The molecule has 0 bridgehead atoms. The van der Waals surface area contributed by atoms with Crippen LogP contribution in [0.1, 0.15) is 32.6 Å². The molecule has 2 N–H and O–H groups in total. The summed E-state index contributed by atoms with van der Waals surface area (Å²) >= 11 is 0. The highest BCUT2D eigenvalue weighted by Crippen LogP contribution is 2.14. The Bertz CT molecular complexity index is 343. The average molecular weight is 283 g/mol. The van der Waals surface area contributed by atoms with Crippen molar-refractivity contribution in [2.45, 2.75) is 44.7 Å². The lowest BCUT2D eigenvalue weighted by Crippen LogP contribution is -2.60. The van der Waals surface area contributed by atoms with E-state index in [9.17, 15) is 9.59 Å². The van der Waals surface area contributed by atoms with Crippen LogP contribution in [0.15, 0.2) is 0 Å². The summed E-state index contributed by atoms with van der Waals surface area (Å²) in [5, 5.41) is 6.11. The van der Waals surface area contributed by atoms with Crippen LogP contribution >= 0.6 is 0 Å². The van der Waals surface area contributed by atoms with Gasteiger partial charge in [-0.25, -0.2) is 0 Å². The largest absolute Gasteiger partial charge is 0.377 e. The highest BCUT2D eigenvalue weighted by atomic mass is 16.5. The third-order valence-electron chi connectivity index (χ3n) is 3.87. The van der Waals surface area contributed by atoms with Gasteiger partial charge in [-0.1, -0.05) is 13.3 Å². The van der Waals surface area contributed by atoms with Crippen molar-refractivity contribution in [1.82, 2.24) is 15.5 Å². The standard InChI is InChI=1S/C14H25N3O3/c1-2-6-16-13(18)12-10-20-9-8-17(12)14(19)11-5-3-4-7-15-11/h11-12,15H,2-10H2,1H3,(H,16,18). The molecule has 0 aromatic carbocycles. The summed E-state index contributed by atoms with van der Waals surface area (Å²) in [5.74, 6) is -0.0552. The van der Waals surface area contributed by atoms with E-state index in [0.29, 0.717) is 26.3 Å². The summed E-state index contributed by atoms with van der Waals surface area (Å²) in [6, 6.07) is -0.616. The molecule has 2 aliphatic rings. The van der Waals surface area contributed by atoms with Gasteiger partial charge in [0.1, 0.15) is 6.04 Å². The van der Waals surface area contributed by atoms with Crippen LogP contribution in [-0.4, -0.2) is 61.6 Å². The van der Waals surface area contributed by atoms with Crippen molar-refractivity contribution in [3.63, 3.8) is 0 Å². The van der Waals surface area contributed by atoms with E-state index in [4.69, 9.17) is 4.74 Å². The van der Waals surface area contributed by atoms with Crippen LogP contribution in [0.25, 0.3) is 0 Å². The second kappa shape index (κ2) is 7.59. The summed E-state index contributed by atoms with van der Waals surface area (Å²) in [4.78, 5) is 26.4. The van der Waals surface area contributed by atoms with Gasteiger partial charge in [0.05, 0.1) is 19.3 Å². The number of nitrogens with one attached hydrogen (secondary N) is 2. The molecule has 0 radical (unpaired) electrons. The Morgan fingerprint density at radius 1 is 1.40 bits per heavy atom. The van der Waals surface area contributed by atoms with Gasteiger partial charge in [0.25, 0.3) is 0 Å². The van der Waals surface area contributed by atoms with Crippen molar-refractivity contribution in [3.05, 3.63) is 0 Å². The SMILES string of the molecule is CCCNC(=O)C1COCCN1C(=O)C1CCCCN1. The fourth-order valence-corrected chi connectivity index (χ4v) is 2.71. The van der Waals surface area contributed by atoms with Gasteiger partial charge in [-0.15, -0.1) is 0 Å². The molecule has 0 aliphatic carbocycles. The Kier molecular flexibility index (Phi) is 5.79. The molecule has 2 rings (SSSR count). The molecule has 2 heterocycles. The molecular weight excluding hydrogens is 258 g/mol. The molecule has 0 spiro atoms. The minimum absolute atomic E-state index is 0.0460.